The van der Waals surface area contributed by atoms with E-state index in [0.717, 1.165) is 16.6 Å². The number of hydrogen-bond acceptors (Lipinski definition) is 4. The number of carbonyl (C=O) groups is 1. The van der Waals surface area contributed by atoms with Crippen molar-refractivity contribution >= 4 is 16.9 Å². The van der Waals surface area contributed by atoms with Crippen LogP contribution in [0.5, 0.6) is 0 Å². The van der Waals surface area contributed by atoms with Crippen molar-refractivity contribution in [2.24, 2.45) is 0 Å². The highest BCUT2D eigenvalue weighted by Gasteiger charge is 2.13. The maximum Gasteiger partial charge on any atom is 0.253 e. The molecule has 1 amide bonds. The number of nitrogens with one attached hydrogen (secondary N) is 2. The Morgan fingerprint density at radius 3 is 2.83 bits per heavy atom. The van der Waals surface area contributed by atoms with Gasteiger partial charge in [0.1, 0.15) is 5.76 Å². The van der Waals surface area contributed by atoms with E-state index in [1.54, 1.807) is 18.4 Å². The third-order valence-corrected chi connectivity index (χ3v) is 3.74. The Labute approximate surface area is 137 Å². The van der Waals surface area contributed by atoms with E-state index in [9.17, 15) is 4.79 Å². The van der Waals surface area contributed by atoms with Crippen LogP contribution in [0.4, 0.5) is 0 Å². The van der Waals surface area contributed by atoms with Crippen LogP contribution in [0.1, 0.15) is 16.1 Å². The zero-order valence-corrected chi connectivity index (χ0v) is 12.7. The molecule has 24 heavy (non-hydrogen) atoms. The molecule has 0 radical (unpaired) electrons. The molecule has 0 aliphatic heterocycles. The summed E-state index contributed by atoms with van der Waals surface area (Å²) in [6, 6.07) is 15.2. The molecule has 0 atom stereocenters. The largest absolute Gasteiger partial charge is 0.467 e. The number of carbonyl (C=O) groups excluding carboxylic acids is 1. The molecular formula is C18H14N4O2. The van der Waals surface area contributed by atoms with Crippen LogP contribution >= 0.6 is 0 Å². The van der Waals surface area contributed by atoms with Crippen LogP contribution in [0.15, 0.2) is 65.4 Å². The number of aromatic nitrogens is 3. The van der Waals surface area contributed by atoms with E-state index >= 15 is 0 Å². The molecule has 3 heterocycles. The highest BCUT2D eigenvalue weighted by molar-refractivity contribution is 5.99. The maximum atomic E-state index is 12.3. The van der Waals surface area contributed by atoms with Crippen molar-refractivity contribution in [3.8, 4) is 11.3 Å². The zero-order valence-electron chi connectivity index (χ0n) is 12.7. The van der Waals surface area contributed by atoms with E-state index in [4.69, 9.17) is 4.42 Å². The van der Waals surface area contributed by atoms with Gasteiger partial charge in [0.2, 0.25) is 0 Å². The van der Waals surface area contributed by atoms with Gasteiger partial charge in [-0.05, 0) is 18.2 Å². The molecule has 0 spiro atoms. The van der Waals surface area contributed by atoms with E-state index in [1.165, 1.54) is 6.20 Å². The first-order chi connectivity index (χ1) is 11.8. The second kappa shape index (κ2) is 6.00. The lowest BCUT2D eigenvalue weighted by molar-refractivity contribution is 0.0948. The first-order valence-corrected chi connectivity index (χ1v) is 7.51. The fraction of sp³-hybridized carbons (Fsp3) is 0.0556. The summed E-state index contributed by atoms with van der Waals surface area (Å²) in [6.45, 7) is 0.334. The fourth-order valence-electron chi connectivity index (χ4n) is 2.53. The summed E-state index contributed by atoms with van der Waals surface area (Å²) >= 11 is 0. The normalized spacial score (nSPS) is 10.8. The first kappa shape index (κ1) is 14.2. The molecule has 2 N–H and O–H groups in total. The number of nitrogens with zero attached hydrogens (tertiary/aromatic N) is 2. The molecule has 6 heteroatoms. The molecule has 4 aromatic rings. The minimum absolute atomic E-state index is 0.207. The van der Waals surface area contributed by atoms with E-state index in [-0.39, 0.29) is 5.91 Å². The predicted octanol–water partition coefficient (Wildman–Crippen LogP) is 3.15. The Morgan fingerprint density at radius 2 is 2.04 bits per heavy atom. The molecule has 0 aliphatic rings. The number of furan rings is 1. The Bertz CT molecular complexity index is 975. The van der Waals surface area contributed by atoms with Gasteiger partial charge in [0.25, 0.3) is 5.91 Å². The molecule has 3 aromatic heterocycles. The molecule has 4 rings (SSSR count). The van der Waals surface area contributed by atoms with Crippen LogP contribution in [0, 0.1) is 0 Å². The Morgan fingerprint density at radius 1 is 1.17 bits per heavy atom. The Kier molecular flexibility index (Phi) is 3.55. The van der Waals surface area contributed by atoms with Gasteiger partial charge in [-0.15, -0.1) is 0 Å². The van der Waals surface area contributed by atoms with Crippen molar-refractivity contribution in [2.75, 3.05) is 0 Å². The Balaban J connectivity index is 1.63. The Hall–Kier alpha value is -3.41. The number of pyridine rings is 1. The third-order valence-electron chi connectivity index (χ3n) is 3.74. The summed E-state index contributed by atoms with van der Waals surface area (Å²) in [7, 11) is 0. The van der Waals surface area contributed by atoms with Crippen LogP contribution in [-0.4, -0.2) is 21.1 Å². The van der Waals surface area contributed by atoms with Gasteiger partial charge in [-0.2, -0.15) is 5.10 Å². The third kappa shape index (κ3) is 2.65. The summed E-state index contributed by atoms with van der Waals surface area (Å²) < 4.78 is 5.21. The van der Waals surface area contributed by atoms with Crippen molar-refractivity contribution in [2.45, 2.75) is 6.54 Å². The average molecular weight is 318 g/mol. The zero-order chi connectivity index (χ0) is 16.4. The van der Waals surface area contributed by atoms with Gasteiger partial charge in [0.05, 0.1) is 24.1 Å². The monoisotopic (exact) mass is 318 g/mol. The minimum atomic E-state index is -0.207. The highest BCUT2D eigenvalue weighted by atomic mass is 16.3. The number of hydrogen-bond donors (Lipinski definition) is 2. The lowest BCUT2D eigenvalue weighted by Crippen LogP contribution is -2.22. The lowest BCUT2D eigenvalue weighted by atomic mass is 10.1. The topological polar surface area (TPSA) is 83.8 Å². The van der Waals surface area contributed by atoms with E-state index in [0.29, 0.717) is 23.5 Å². The van der Waals surface area contributed by atoms with Crippen LogP contribution < -0.4 is 5.32 Å². The number of amides is 1. The SMILES string of the molecule is O=C(NCc1ccco1)c1cnc2n[nH]c(-c3ccccc3)c2c1. The van der Waals surface area contributed by atoms with Gasteiger partial charge < -0.3 is 9.73 Å². The molecule has 0 aliphatic carbocycles. The minimum Gasteiger partial charge on any atom is -0.467 e. The van der Waals surface area contributed by atoms with E-state index < -0.39 is 0 Å². The summed E-state index contributed by atoms with van der Waals surface area (Å²) in [5, 5.41) is 10.8. The molecule has 0 saturated carbocycles. The smallest absolute Gasteiger partial charge is 0.253 e. The second-order valence-electron chi connectivity index (χ2n) is 5.32. The second-order valence-corrected chi connectivity index (χ2v) is 5.32. The summed E-state index contributed by atoms with van der Waals surface area (Å²) in [5.41, 5.74) is 2.90. The molecule has 0 saturated heterocycles. The van der Waals surface area contributed by atoms with Crippen molar-refractivity contribution in [1.82, 2.24) is 20.5 Å². The quantitative estimate of drug-likeness (QED) is 0.605. The number of fused-ring (bicyclic) bond motifs is 1. The van der Waals surface area contributed by atoms with Gasteiger partial charge in [-0.1, -0.05) is 30.3 Å². The molecule has 0 unspecified atom stereocenters. The average Bonchev–Trinajstić information content (AvgIpc) is 3.29. The number of H-pyrrole nitrogens is 1. The summed E-state index contributed by atoms with van der Waals surface area (Å²) in [5.74, 6) is 0.492. The first-order valence-electron chi connectivity index (χ1n) is 7.51. The van der Waals surface area contributed by atoms with E-state index in [2.05, 4.69) is 20.5 Å². The highest BCUT2D eigenvalue weighted by Crippen LogP contribution is 2.25. The molecule has 0 bridgehead atoms. The van der Waals surface area contributed by atoms with Gasteiger partial charge in [-0.25, -0.2) is 4.98 Å². The summed E-state index contributed by atoms with van der Waals surface area (Å²) in [6.07, 6.45) is 3.10. The number of benzene rings is 1. The standard InChI is InChI=1S/C18H14N4O2/c23-18(20-11-14-7-4-8-24-14)13-9-15-16(12-5-2-1-3-6-12)21-22-17(15)19-10-13/h1-10H,11H2,(H,20,23)(H,19,21,22). The van der Waals surface area contributed by atoms with Gasteiger partial charge in [-0.3, -0.25) is 9.89 Å². The van der Waals surface area contributed by atoms with Crippen LogP contribution in [0.2, 0.25) is 0 Å². The predicted molar refractivity (Wildman–Crippen MR) is 89.2 cm³/mol. The summed E-state index contributed by atoms with van der Waals surface area (Å²) in [4.78, 5) is 16.6. The lowest BCUT2D eigenvalue weighted by Gasteiger charge is -2.04. The fourth-order valence-corrected chi connectivity index (χ4v) is 2.53. The molecular weight excluding hydrogens is 304 g/mol. The van der Waals surface area contributed by atoms with Crippen molar-refractivity contribution in [3.05, 3.63) is 72.3 Å². The number of rotatable bonds is 4. The van der Waals surface area contributed by atoms with Crippen molar-refractivity contribution < 1.29 is 9.21 Å². The molecule has 1 aromatic carbocycles. The van der Waals surface area contributed by atoms with E-state index in [1.807, 2.05) is 36.4 Å². The van der Waals surface area contributed by atoms with Crippen LogP contribution in [0.3, 0.4) is 0 Å². The number of aromatic amines is 1. The van der Waals surface area contributed by atoms with Gasteiger partial charge in [0, 0.05) is 17.1 Å². The molecule has 118 valence electrons. The van der Waals surface area contributed by atoms with Crippen molar-refractivity contribution in [1.29, 1.82) is 0 Å². The van der Waals surface area contributed by atoms with Gasteiger partial charge >= 0.3 is 0 Å². The maximum absolute atomic E-state index is 12.3. The van der Waals surface area contributed by atoms with Crippen LogP contribution in [0.25, 0.3) is 22.3 Å². The van der Waals surface area contributed by atoms with Crippen LogP contribution in [-0.2, 0) is 6.54 Å². The van der Waals surface area contributed by atoms with Crippen molar-refractivity contribution in [3.63, 3.8) is 0 Å². The molecule has 0 fully saturated rings. The molecule has 6 nitrogen and oxygen atoms in total. The van der Waals surface area contributed by atoms with Gasteiger partial charge in [0.15, 0.2) is 5.65 Å².